The third-order valence-corrected chi connectivity index (χ3v) is 3.35. The van der Waals surface area contributed by atoms with Crippen molar-refractivity contribution in [2.45, 2.75) is 25.5 Å². The Labute approximate surface area is 150 Å². The summed E-state index contributed by atoms with van der Waals surface area (Å²) in [4.78, 5) is 15.3. The number of benzene rings is 1. The van der Waals surface area contributed by atoms with E-state index in [4.69, 9.17) is 0 Å². The number of carbonyl (C=O) groups excluding carboxylic acids is 1. The lowest BCUT2D eigenvalue weighted by atomic mass is 10.0. The molecule has 0 N–H and O–H groups in total. The van der Waals surface area contributed by atoms with Crippen LogP contribution in [0.4, 0.5) is 39.5 Å². The highest BCUT2D eigenvalue weighted by Gasteiger charge is 2.39. The number of hydrogen-bond donors (Lipinski definition) is 0. The number of nitrogens with zero attached hydrogens (tertiary/aromatic N) is 3. The maximum absolute atomic E-state index is 12.9. The number of hydrogen-bond acceptors (Lipinski definition) is 3. The number of rotatable bonds is 3. The highest BCUT2D eigenvalue weighted by atomic mass is 19.4. The summed E-state index contributed by atoms with van der Waals surface area (Å²) < 4.78 is 115. The summed E-state index contributed by atoms with van der Waals surface area (Å²) in [5, 5.41) is 2.99. The lowest BCUT2D eigenvalue weighted by Crippen LogP contribution is -2.16. The van der Waals surface area contributed by atoms with Crippen LogP contribution in [-0.2, 0) is 18.5 Å². The van der Waals surface area contributed by atoms with E-state index < -0.39 is 52.5 Å². The smallest absolute Gasteiger partial charge is 0.287 e. The summed E-state index contributed by atoms with van der Waals surface area (Å²) in [5.41, 5.74) is -5.22. The molecule has 1 heterocycles. The van der Waals surface area contributed by atoms with E-state index in [2.05, 4.69) is 10.1 Å². The van der Waals surface area contributed by atoms with Gasteiger partial charge in [-0.1, -0.05) is 6.08 Å². The predicted octanol–water partition coefficient (Wildman–Crippen LogP) is 5.08. The van der Waals surface area contributed by atoms with Crippen LogP contribution in [0, 0.1) is 0 Å². The number of aromatic nitrogens is 3. The van der Waals surface area contributed by atoms with Crippen LogP contribution in [0.3, 0.4) is 0 Å². The van der Waals surface area contributed by atoms with Gasteiger partial charge in [-0.25, -0.2) is 9.67 Å². The van der Waals surface area contributed by atoms with E-state index in [0.29, 0.717) is 11.0 Å². The zero-order valence-corrected chi connectivity index (χ0v) is 13.5. The normalized spacial score (nSPS) is 13.7. The van der Waals surface area contributed by atoms with E-state index in [9.17, 15) is 44.3 Å². The number of halogens is 9. The molecule has 2 rings (SSSR count). The minimum absolute atomic E-state index is 0.169. The van der Waals surface area contributed by atoms with E-state index in [1.54, 1.807) is 0 Å². The third kappa shape index (κ3) is 4.51. The molecule has 0 aliphatic rings. The van der Waals surface area contributed by atoms with Crippen molar-refractivity contribution >= 4 is 11.5 Å². The van der Waals surface area contributed by atoms with Crippen molar-refractivity contribution in [3.63, 3.8) is 0 Å². The van der Waals surface area contributed by atoms with Gasteiger partial charge in [0, 0.05) is 5.56 Å². The van der Waals surface area contributed by atoms with Gasteiger partial charge in [-0.15, -0.1) is 5.10 Å². The molecule has 13 heteroatoms. The van der Waals surface area contributed by atoms with Gasteiger partial charge in [-0.2, -0.15) is 39.5 Å². The summed E-state index contributed by atoms with van der Waals surface area (Å²) in [6.45, 7) is 1.14. The van der Waals surface area contributed by atoms with Crippen LogP contribution in [-0.4, -0.2) is 20.5 Å². The van der Waals surface area contributed by atoms with Crippen LogP contribution in [0.2, 0.25) is 0 Å². The minimum atomic E-state index is -5.19. The predicted molar refractivity (Wildman–Crippen MR) is 75.7 cm³/mol. The average Bonchev–Trinajstić information content (AvgIpc) is 3.03. The Morgan fingerprint density at radius 1 is 0.893 bits per heavy atom. The summed E-state index contributed by atoms with van der Waals surface area (Å²) >= 11 is 0. The van der Waals surface area contributed by atoms with Gasteiger partial charge in [0.15, 0.2) is 0 Å². The maximum Gasteiger partial charge on any atom is 0.453 e. The van der Waals surface area contributed by atoms with Gasteiger partial charge >= 0.3 is 18.5 Å². The SMILES string of the molecule is CC=C(C(=O)c1cc(C(F)(F)F)cc(C(F)(F)F)c1)n1cnc(C(F)(F)F)n1. The standard InChI is InChI=1S/C15H8F9N3O/c1-2-10(27-6-25-12(26-27)15(22,23)24)11(28)7-3-8(13(16,17)18)5-9(4-7)14(19,20)21/h2-6H,1H3. The number of ketones is 1. The molecule has 4 nitrogen and oxygen atoms in total. The molecule has 0 amide bonds. The molecular formula is C15H8F9N3O. The first-order chi connectivity index (χ1) is 12.6. The molecule has 0 atom stereocenters. The lowest BCUT2D eigenvalue weighted by molar-refractivity contribution is -0.145. The zero-order chi connectivity index (χ0) is 21.5. The Kier molecular flexibility index (Phi) is 5.32. The topological polar surface area (TPSA) is 47.8 Å². The Bertz CT molecular complexity index is 888. The number of alkyl halides is 9. The Hall–Kier alpha value is -2.86. The van der Waals surface area contributed by atoms with Crippen LogP contribution in [0.5, 0.6) is 0 Å². The monoisotopic (exact) mass is 417 g/mol. The van der Waals surface area contributed by atoms with E-state index in [1.807, 2.05) is 0 Å². The van der Waals surface area contributed by atoms with Crippen molar-refractivity contribution in [1.82, 2.24) is 14.8 Å². The lowest BCUT2D eigenvalue weighted by Gasteiger charge is -2.14. The van der Waals surface area contributed by atoms with Crippen molar-refractivity contribution in [2.24, 2.45) is 0 Å². The van der Waals surface area contributed by atoms with E-state index in [0.717, 1.165) is 13.0 Å². The molecule has 0 saturated carbocycles. The third-order valence-electron chi connectivity index (χ3n) is 3.35. The molecule has 2 aromatic rings. The molecule has 152 valence electrons. The van der Waals surface area contributed by atoms with Crippen molar-refractivity contribution in [2.75, 3.05) is 0 Å². The van der Waals surface area contributed by atoms with Gasteiger partial charge in [0.05, 0.1) is 11.1 Å². The molecular weight excluding hydrogens is 409 g/mol. The number of allylic oxidation sites excluding steroid dienone is 2. The summed E-state index contributed by atoms with van der Waals surface area (Å²) in [5.74, 6) is -3.04. The Morgan fingerprint density at radius 3 is 1.75 bits per heavy atom. The highest BCUT2D eigenvalue weighted by Crippen LogP contribution is 2.37. The second kappa shape index (κ2) is 6.95. The van der Waals surface area contributed by atoms with Gasteiger partial charge in [0.1, 0.15) is 12.0 Å². The minimum Gasteiger partial charge on any atom is -0.287 e. The molecule has 0 saturated heterocycles. The van der Waals surface area contributed by atoms with Gasteiger partial charge in [0.25, 0.3) is 5.82 Å². The van der Waals surface area contributed by atoms with Crippen molar-refractivity contribution in [1.29, 1.82) is 0 Å². The van der Waals surface area contributed by atoms with Crippen LogP contribution >= 0.6 is 0 Å². The first-order valence-corrected chi connectivity index (χ1v) is 7.14. The second-order valence-corrected chi connectivity index (χ2v) is 5.31. The van der Waals surface area contributed by atoms with Crippen molar-refractivity contribution < 1.29 is 44.3 Å². The molecule has 0 radical (unpaired) electrons. The molecule has 28 heavy (non-hydrogen) atoms. The quantitative estimate of drug-likeness (QED) is 0.398. The van der Waals surface area contributed by atoms with Crippen LogP contribution in [0.25, 0.3) is 5.70 Å². The maximum atomic E-state index is 12.9. The van der Waals surface area contributed by atoms with Gasteiger partial charge in [-0.3, -0.25) is 4.79 Å². The molecule has 0 fully saturated rings. The molecule has 1 aromatic heterocycles. The zero-order valence-electron chi connectivity index (χ0n) is 13.5. The first kappa shape index (κ1) is 21.4. The van der Waals surface area contributed by atoms with Gasteiger partial charge in [0.2, 0.25) is 5.78 Å². The molecule has 0 bridgehead atoms. The molecule has 1 aromatic carbocycles. The van der Waals surface area contributed by atoms with E-state index in [-0.39, 0.29) is 18.2 Å². The van der Waals surface area contributed by atoms with Gasteiger partial charge in [-0.05, 0) is 25.1 Å². The van der Waals surface area contributed by atoms with Crippen LogP contribution < -0.4 is 0 Å². The van der Waals surface area contributed by atoms with E-state index in [1.165, 1.54) is 0 Å². The van der Waals surface area contributed by atoms with Crippen molar-refractivity contribution in [3.05, 3.63) is 53.1 Å². The van der Waals surface area contributed by atoms with Crippen LogP contribution in [0.1, 0.15) is 34.2 Å². The molecule has 0 spiro atoms. The number of Topliss-reactive ketones (excluding diaryl/α,β-unsaturated/α-hetero) is 1. The molecule has 0 aliphatic heterocycles. The fourth-order valence-electron chi connectivity index (χ4n) is 2.11. The first-order valence-electron chi connectivity index (χ1n) is 7.14. The van der Waals surface area contributed by atoms with E-state index >= 15 is 0 Å². The largest absolute Gasteiger partial charge is 0.453 e. The highest BCUT2D eigenvalue weighted by molar-refractivity contribution is 6.24. The summed E-state index contributed by atoms with van der Waals surface area (Å²) in [6, 6.07) is 0.161. The Morgan fingerprint density at radius 2 is 1.39 bits per heavy atom. The summed E-state index contributed by atoms with van der Waals surface area (Å²) in [6.07, 6.45) is -14.0. The summed E-state index contributed by atoms with van der Waals surface area (Å²) in [7, 11) is 0. The van der Waals surface area contributed by atoms with Crippen LogP contribution in [0.15, 0.2) is 30.6 Å². The second-order valence-electron chi connectivity index (χ2n) is 5.31. The Balaban J connectivity index is 2.56. The van der Waals surface area contributed by atoms with Crippen molar-refractivity contribution in [3.8, 4) is 0 Å². The fourth-order valence-corrected chi connectivity index (χ4v) is 2.11. The average molecular weight is 417 g/mol. The fraction of sp³-hybridized carbons (Fsp3) is 0.267. The molecule has 0 unspecified atom stereocenters. The number of carbonyl (C=O) groups is 1. The molecule has 0 aliphatic carbocycles. The van der Waals surface area contributed by atoms with Gasteiger partial charge < -0.3 is 0 Å².